The minimum Gasteiger partial charge on any atom is -0.384 e. The summed E-state index contributed by atoms with van der Waals surface area (Å²) < 4.78 is 0. The topological polar surface area (TPSA) is 32.6 Å². The third-order valence-electron chi connectivity index (χ3n) is 2.40. The molecule has 3 heteroatoms. The molecule has 0 saturated carbocycles. The zero-order valence-corrected chi connectivity index (χ0v) is 12.7. The molecular formula is C11H23NOPm. The molecule has 0 amide bonds. The summed E-state index contributed by atoms with van der Waals surface area (Å²) >= 11 is 0. The summed E-state index contributed by atoms with van der Waals surface area (Å²) in [7, 11) is 0. The van der Waals surface area contributed by atoms with E-state index in [2.05, 4.69) is 18.8 Å². The average molecular weight is 330 g/mol. The molecule has 2 nitrogen and oxygen atoms in total. The Bertz CT molecular complexity index is 163. The van der Waals surface area contributed by atoms with Crippen molar-refractivity contribution in [2.75, 3.05) is 6.54 Å². The van der Waals surface area contributed by atoms with Gasteiger partial charge in [0, 0.05) is 52.6 Å². The Morgan fingerprint density at radius 2 is 1.57 bits per heavy atom. The van der Waals surface area contributed by atoms with Crippen LogP contribution >= 0.6 is 0 Å². The zero-order chi connectivity index (χ0) is 10.3. The third kappa shape index (κ3) is 5.75. The summed E-state index contributed by atoms with van der Waals surface area (Å²) in [5, 5.41) is 10.3. The van der Waals surface area contributed by atoms with Crippen LogP contribution in [0, 0.1) is 40.4 Å². The van der Waals surface area contributed by atoms with Crippen LogP contribution in [-0.2, 0) is 0 Å². The van der Waals surface area contributed by atoms with E-state index in [0.717, 1.165) is 37.9 Å². The van der Waals surface area contributed by atoms with Gasteiger partial charge in [-0.2, -0.15) is 0 Å². The van der Waals surface area contributed by atoms with Crippen LogP contribution in [0.4, 0.5) is 0 Å². The predicted octanol–water partition coefficient (Wildman–Crippen LogP) is 2.80. The van der Waals surface area contributed by atoms with Crippen molar-refractivity contribution in [3.8, 4) is 0 Å². The number of aliphatic hydroxyl groups is 1. The van der Waals surface area contributed by atoms with E-state index in [9.17, 15) is 5.11 Å². The van der Waals surface area contributed by atoms with Gasteiger partial charge in [0.1, 0.15) is 5.60 Å². The van der Waals surface area contributed by atoms with Crippen molar-refractivity contribution in [1.82, 2.24) is 0 Å². The van der Waals surface area contributed by atoms with Gasteiger partial charge in [0.2, 0.25) is 0 Å². The SMILES string of the molecule is CCCC(O)(CCC)C(C)=NCC.[Pm]. The maximum atomic E-state index is 10.3. The zero-order valence-electron chi connectivity index (χ0n) is 9.88. The van der Waals surface area contributed by atoms with E-state index in [0.29, 0.717) is 0 Å². The van der Waals surface area contributed by atoms with Crippen LogP contribution in [0.1, 0.15) is 53.4 Å². The van der Waals surface area contributed by atoms with Gasteiger partial charge in [-0.1, -0.05) is 26.7 Å². The number of rotatable bonds is 6. The number of hydrogen-bond acceptors (Lipinski definition) is 2. The fraction of sp³-hybridized carbons (Fsp3) is 0.909. The van der Waals surface area contributed by atoms with E-state index in [4.69, 9.17) is 0 Å². The fourth-order valence-electron chi connectivity index (χ4n) is 1.70. The Morgan fingerprint density at radius 1 is 1.14 bits per heavy atom. The van der Waals surface area contributed by atoms with Crippen LogP contribution in [0.2, 0.25) is 0 Å². The standard InChI is InChI=1S/C11H23NO.Pm/c1-5-8-11(13,9-6-2)10(4)12-7-3;/h13H,5-9H2,1-4H3;. The Hall–Kier alpha value is 0.968. The molecule has 0 aromatic rings. The molecule has 0 heterocycles. The molecular weight excluding hydrogens is 307 g/mol. The van der Waals surface area contributed by atoms with Crippen molar-refractivity contribution in [3.63, 3.8) is 0 Å². The van der Waals surface area contributed by atoms with E-state index >= 15 is 0 Å². The second-order valence-corrected chi connectivity index (χ2v) is 3.59. The molecule has 0 bridgehead atoms. The molecule has 14 heavy (non-hydrogen) atoms. The van der Waals surface area contributed by atoms with Crippen LogP contribution in [-0.4, -0.2) is 23.0 Å². The van der Waals surface area contributed by atoms with Crippen LogP contribution in [0.5, 0.6) is 0 Å². The first-order valence-electron chi connectivity index (χ1n) is 5.34. The van der Waals surface area contributed by atoms with Gasteiger partial charge in [0.15, 0.2) is 0 Å². The Labute approximate surface area is 121 Å². The van der Waals surface area contributed by atoms with Crippen LogP contribution in [0.25, 0.3) is 0 Å². The summed E-state index contributed by atoms with van der Waals surface area (Å²) in [6.07, 6.45) is 3.67. The normalized spacial score (nSPS) is 12.5. The molecule has 0 rings (SSSR count). The molecule has 0 saturated heterocycles. The molecule has 1 N–H and O–H groups in total. The molecule has 0 aromatic carbocycles. The van der Waals surface area contributed by atoms with Crippen molar-refractivity contribution in [2.45, 2.75) is 59.0 Å². The number of hydrogen-bond donors (Lipinski definition) is 1. The van der Waals surface area contributed by atoms with E-state index in [1.807, 2.05) is 13.8 Å². The summed E-state index contributed by atoms with van der Waals surface area (Å²) in [5.74, 6) is 0. The molecule has 0 aliphatic carbocycles. The molecule has 0 aromatic heterocycles. The maximum Gasteiger partial charge on any atom is 0.102 e. The van der Waals surface area contributed by atoms with Crippen LogP contribution in [0.3, 0.4) is 0 Å². The summed E-state index contributed by atoms with van der Waals surface area (Å²) in [4.78, 5) is 4.30. The molecule has 0 aliphatic heterocycles. The van der Waals surface area contributed by atoms with E-state index < -0.39 is 5.60 Å². The molecule has 83 valence electrons. The monoisotopic (exact) mass is 330 g/mol. The van der Waals surface area contributed by atoms with Crippen molar-refractivity contribution in [1.29, 1.82) is 0 Å². The Kier molecular flexibility index (Phi) is 11.4. The predicted molar refractivity (Wildman–Crippen MR) is 58.4 cm³/mol. The first-order valence-corrected chi connectivity index (χ1v) is 5.34. The van der Waals surface area contributed by atoms with Crippen molar-refractivity contribution >= 4 is 5.71 Å². The smallest absolute Gasteiger partial charge is 0.102 e. The van der Waals surface area contributed by atoms with Gasteiger partial charge in [-0.15, -0.1) is 0 Å². The second-order valence-electron chi connectivity index (χ2n) is 3.59. The quantitative estimate of drug-likeness (QED) is 0.747. The van der Waals surface area contributed by atoms with Crippen molar-refractivity contribution in [2.24, 2.45) is 4.99 Å². The van der Waals surface area contributed by atoms with Crippen molar-refractivity contribution < 1.29 is 45.5 Å². The molecule has 0 spiro atoms. The van der Waals surface area contributed by atoms with Crippen LogP contribution < -0.4 is 0 Å². The third-order valence-corrected chi connectivity index (χ3v) is 2.40. The average Bonchev–Trinajstić information content (AvgIpc) is 2.05. The summed E-state index contributed by atoms with van der Waals surface area (Å²) in [6.45, 7) is 8.90. The summed E-state index contributed by atoms with van der Waals surface area (Å²) in [5.41, 5.74) is 0.262. The minimum absolute atomic E-state index is 0. The molecule has 1 radical (unpaired) electrons. The maximum absolute atomic E-state index is 10.3. The number of nitrogens with zero attached hydrogens (tertiary/aromatic N) is 1. The first kappa shape index (κ1) is 17.4. The second kappa shape index (κ2) is 9.21. The molecule has 0 aliphatic rings. The van der Waals surface area contributed by atoms with E-state index in [1.54, 1.807) is 0 Å². The van der Waals surface area contributed by atoms with Gasteiger partial charge >= 0.3 is 0 Å². The fourth-order valence-corrected chi connectivity index (χ4v) is 1.70. The van der Waals surface area contributed by atoms with E-state index in [-0.39, 0.29) is 40.4 Å². The van der Waals surface area contributed by atoms with Gasteiger partial charge in [-0.05, 0) is 26.7 Å². The number of aliphatic imine (C=N–C) groups is 1. The van der Waals surface area contributed by atoms with Gasteiger partial charge < -0.3 is 5.11 Å². The van der Waals surface area contributed by atoms with Gasteiger partial charge in [0.25, 0.3) is 0 Å². The molecule has 0 atom stereocenters. The van der Waals surface area contributed by atoms with E-state index in [1.165, 1.54) is 0 Å². The Balaban J connectivity index is 0. The van der Waals surface area contributed by atoms with Crippen LogP contribution in [0.15, 0.2) is 4.99 Å². The summed E-state index contributed by atoms with van der Waals surface area (Å²) in [6, 6.07) is 0. The van der Waals surface area contributed by atoms with Gasteiger partial charge in [-0.25, -0.2) is 0 Å². The largest absolute Gasteiger partial charge is 0.384 e. The van der Waals surface area contributed by atoms with Crippen molar-refractivity contribution in [3.05, 3.63) is 0 Å². The minimum atomic E-state index is -0.639. The van der Waals surface area contributed by atoms with Gasteiger partial charge in [-0.3, -0.25) is 4.99 Å². The Morgan fingerprint density at radius 3 is 1.86 bits per heavy atom. The first-order chi connectivity index (χ1) is 6.10. The molecule has 0 unspecified atom stereocenters. The van der Waals surface area contributed by atoms with Gasteiger partial charge in [0.05, 0.1) is 0 Å². The molecule has 0 fully saturated rings.